The molecule has 42 heavy (non-hydrogen) atoms. The molecular weight excluding hydrogens is 546 g/mol. The molecule has 0 aliphatic rings. The SMILES string of the molecule is CCNC(=O)CCOCC(COCCC(=O)NCC)(COCCC(=O)NCC)NC(=O)CCCC(=O)NCC(C)CC. The van der Waals surface area contributed by atoms with E-state index in [4.69, 9.17) is 14.2 Å². The summed E-state index contributed by atoms with van der Waals surface area (Å²) in [6.07, 6.45) is 2.04. The normalized spacial score (nSPS) is 11.8. The van der Waals surface area contributed by atoms with E-state index in [0.29, 0.717) is 38.5 Å². The van der Waals surface area contributed by atoms with Crippen LogP contribution in [-0.4, -0.2) is 101 Å². The summed E-state index contributed by atoms with van der Waals surface area (Å²) >= 11 is 0. The van der Waals surface area contributed by atoms with Crippen LogP contribution in [0.3, 0.4) is 0 Å². The molecule has 0 aliphatic carbocycles. The van der Waals surface area contributed by atoms with E-state index in [0.717, 1.165) is 6.42 Å². The van der Waals surface area contributed by atoms with Gasteiger partial charge in [-0.3, -0.25) is 24.0 Å². The van der Waals surface area contributed by atoms with E-state index < -0.39 is 5.54 Å². The minimum absolute atomic E-state index is 0.0319. The predicted octanol–water partition coefficient (Wildman–Crippen LogP) is 0.802. The minimum atomic E-state index is -1.15. The summed E-state index contributed by atoms with van der Waals surface area (Å²) in [5.41, 5.74) is -1.15. The second kappa shape index (κ2) is 24.8. The Labute approximate surface area is 251 Å². The zero-order valence-corrected chi connectivity index (χ0v) is 26.4. The highest BCUT2D eigenvalue weighted by Crippen LogP contribution is 2.12. The minimum Gasteiger partial charge on any atom is -0.378 e. The number of carbonyl (C=O) groups excluding carboxylic acids is 5. The van der Waals surface area contributed by atoms with Crippen LogP contribution in [-0.2, 0) is 38.2 Å². The molecule has 0 rings (SSSR count). The van der Waals surface area contributed by atoms with Crippen LogP contribution in [0.2, 0.25) is 0 Å². The smallest absolute Gasteiger partial charge is 0.222 e. The van der Waals surface area contributed by atoms with Gasteiger partial charge in [0.25, 0.3) is 0 Å². The topological polar surface area (TPSA) is 173 Å². The Bertz CT molecular complexity index is 731. The zero-order chi connectivity index (χ0) is 31.6. The summed E-state index contributed by atoms with van der Waals surface area (Å²) in [6, 6.07) is 0. The van der Waals surface area contributed by atoms with Crippen LogP contribution in [0.25, 0.3) is 0 Å². The quantitative estimate of drug-likeness (QED) is 0.0906. The van der Waals surface area contributed by atoms with Crippen molar-refractivity contribution in [3.8, 4) is 0 Å². The van der Waals surface area contributed by atoms with Gasteiger partial charge in [-0.25, -0.2) is 0 Å². The lowest BCUT2D eigenvalue weighted by Crippen LogP contribution is -2.58. The average molecular weight is 602 g/mol. The van der Waals surface area contributed by atoms with E-state index in [-0.39, 0.29) is 101 Å². The standard InChI is InChI=1S/C29H55N5O8/c1-6-23(5)19-33-24(35)11-10-12-28(39)34-29(20-40-16-13-25(36)30-7-2,21-41-17-14-26(37)31-8-3)22-42-18-15-27(38)32-9-4/h23H,6-22H2,1-5H3,(H,30,36)(H,31,37)(H,32,38)(H,33,35)(H,34,39). The van der Waals surface area contributed by atoms with Crippen molar-refractivity contribution in [2.24, 2.45) is 5.92 Å². The first-order valence-corrected chi connectivity index (χ1v) is 15.2. The number of nitrogens with one attached hydrogen (secondary N) is 5. The van der Waals surface area contributed by atoms with Gasteiger partial charge in [-0.05, 0) is 33.1 Å². The van der Waals surface area contributed by atoms with Gasteiger partial charge >= 0.3 is 0 Å². The highest BCUT2D eigenvalue weighted by molar-refractivity contribution is 5.79. The maximum atomic E-state index is 13.0. The molecule has 0 aromatic carbocycles. The van der Waals surface area contributed by atoms with Crippen LogP contribution in [0, 0.1) is 5.92 Å². The van der Waals surface area contributed by atoms with Crippen LogP contribution in [0.4, 0.5) is 0 Å². The van der Waals surface area contributed by atoms with E-state index in [9.17, 15) is 24.0 Å². The number of amides is 5. The lowest BCUT2D eigenvalue weighted by molar-refractivity contribution is -0.131. The molecule has 1 unspecified atom stereocenters. The number of carbonyl (C=O) groups is 5. The van der Waals surface area contributed by atoms with Crippen molar-refractivity contribution in [3.63, 3.8) is 0 Å². The molecule has 0 saturated heterocycles. The lowest BCUT2D eigenvalue weighted by Gasteiger charge is -2.34. The van der Waals surface area contributed by atoms with Crippen molar-refractivity contribution >= 4 is 29.5 Å². The Morgan fingerprint density at radius 1 is 0.571 bits per heavy atom. The van der Waals surface area contributed by atoms with Crippen molar-refractivity contribution in [1.29, 1.82) is 0 Å². The second-order valence-electron chi connectivity index (χ2n) is 10.3. The number of rotatable bonds is 26. The fraction of sp³-hybridized carbons (Fsp3) is 0.828. The fourth-order valence-corrected chi connectivity index (χ4v) is 3.68. The molecule has 0 bridgehead atoms. The van der Waals surface area contributed by atoms with Gasteiger partial charge in [-0.2, -0.15) is 0 Å². The Kier molecular flexibility index (Phi) is 23.2. The van der Waals surface area contributed by atoms with Gasteiger partial charge in [0, 0.05) is 58.3 Å². The molecule has 5 N–H and O–H groups in total. The zero-order valence-electron chi connectivity index (χ0n) is 26.4. The highest BCUT2D eigenvalue weighted by atomic mass is 16.5. The molecule has 0 aliphatic heterocycles. The third kappa shape index (κ3) is 21.0. The van der Waals surface area contributed by atoms with E-state index in [2.05, 4.69) is 40.4 Å². The van der Waals surface area contributed by atoms with Crippen molar-refractivity contribution in [2.45, 2.75) is 85.1 Å². The lowest BCUT2D eigenvalue weighted by atomic mass is 10.0. The molecule has 1 atom stereocenters. The first kappa shape index (κ1) is 39.2. The van der Waals surface area contributed by atoms with Gasteiger partial charge in [-0.1, -0.05) is 20.3 Å². The largest absolute Gasteiger partial charge is 0.378 e. The molecule has 244 valence electrons. The van der Waals surface area contributed by atoms with Gasteiger partial charge in [-0.15, -0.1) is 0 Å². The number of hydrogen-bond acceptors (Lipinski definition) is 8. The van der Waals surface area contributed by atoms with Crippen molar-refractivity contribution in [2.75, 3.05) is 65.8 Å². The molecule has 0 saturated carbocycles. The van der Waals surface area contributed by atoms with E-state index in [1.54, 1.807) is 0 Å². The number of hydrogen-bond donors (Lipinski definition) is 5. The Morgan fingerprint density at radius 3 is 1.33 bits per heavy atom. The summed E-state index contributed by atoms with van der Waals surface area (Å²) in [6.45, 7) is 11.9. The Hall–Kier alpha value is -2.77. The van der Waals surface area contributed by atoms with Crippen molar-refractivity contribution in [3.05, 3.63) is 0 Å². The number of ether oxygens (including phenoxy) is 3. The first-order valence-electron chi connectivity index (χ1n) is 15.2. The van der Waals surface area contributed by atoms with E-state index in [1.165, 1.54) is 0 Å². The molecule has 5 amide bonds. The van der Waals surface area contributed by atoms with Crippen LogP contribution < -0.4 is 26.6 Å². The molecule has 13 nitrogen and oxygen atoms in total. The van der Waals surface area contributed by atoms with Crippen molar-refractivity contribution in [1.82, 2.24) is 26.6 Å². The van der Waals surface area contributed by atoms with Crippen LogP contribution >= 0.6 is 0 Å². The average Bonchev–Trinajstić information content (AvgIpc) is 2.95. The van der Waals surface area contributed by atoms with Gasteiger partial charge in [0.15, 0.2) is 0 Å². The Morgan fingerprint density at radius 2 is 0.952 bits per heavy atom. The summed E-state index contributed by atoms with van der Waals surface area (Å²) in [5, 5.41) is 14.0. The summed E-state index contributed by atoms with van der Waals surface area (Å²) < 4.78 is 17.4. The first-order chi connectivity index (χ1) is 20.1. The summed E-state index contributed by atoms with van der Waals surface area (Å²) in [7, 11) is 0. The molecule has 0 spiro atoms. The van der Waals surface area contributed by atoms with Crippen LogP contribution in [0.15, 0.2) is 0 Å². The summed E-state index contributed by atoms with van der Waals surface area (Å²) in [5.74, 6) is -0.519. The van der Waals surface area contributed by atoms with Gasteiger partial charge in [0.1, 0.15) is 5.54 Å². The molecule has 13 heteroatoms. The van der Waals surface area contributed by atoms with Crippen LogP contribution in [0.1, 0.15) is 79.6 Å². The molecule has 0 aromatic rings. The predicted molar refractivity (Wildman–Crippen MR) is 160 cm³/mol. The Balaban J connectivity index is 5.37. The molecule has 0 heterocycles. The molecule has 0 aromatic heterocycles. The van der Waals surface area contributed by atoms with Gasteiger partial charge in [0.2, 0.25) is 29.5 Å². The van der Waals surface area contributed by atoms with Gasteiger partial charge < -0.3 is 40.8 Å². The van der Waals surface area contributed by atoms with Crippen LogP contribution in [0.5, 0.6) is 0 Å². The second-order valence-corrected chi connectivity index (χ2v) is 10.3. The highest BCUT2D eigenvalue weighted by Gasteiger charge is 2.34. The third-order valence-corrected chi connectivity index (χ3v) is 6.23. The summed E-state index contributed by atoms with van der Waals surface area (Å²) in [4.78, 5) is 60.8. The molecular formula is C29H55N5O8. The maximum Gasteiger partial charge on any atom is 0.222 e. The maximum absolute atomic E-state index is 13.0. The van der Waals surface area contributed by atoms with Gasteiger partial charge in [0.05, 0.1) is 39.6 Å². The van der Waals surface area contributed by atoms with E-state index in [1.807, 2.05) is 20.8 Å². The molecule has 0 fully saturated rings. The monoisotopic (exact) mass is 601 g/mol. The van der Waals surface area contributed by atoms with Crippen molar-refractivity contribution < 1.29 is 38.2 Å². The third-order valence-electron chi connectivity index (χ3n) is 6.23. The fourth-order valence-electron chi connectivity index (χ4n) is 3.68. The molecule has 0 radical (unpaired) electrons. The van der Waals surface area contributed by atoms with E-state index >= 15 is 0 Å².